The minimum atomic E-state index is -3.51. The van der Waals surface area contributed by atoms with E-state index >= 15 is 0 Å². The lowest BCUT2D eigenvalue weighted by molar-refractivity contribution is -0.0170. The van der Waals surface area contributed by atoms with E-state index in [1.54, 1.807) is 12.1 Å². The number of ether oxygens (including phenoxy) is 1. The van der Waals surface area contributed by atoms with Crippen LogP contribution in [0, 0.1) is 0 Å². The first-order valence-corrected chi connectivity index (χ1v) is 8.22. The fourth-order valence-corrected chi connectivity index (χ4v) is 3.80. The summed E-state index contributed by atoms with van der Waals surface area (Å²) in [6, 6.07) is 3.11. The average molecular weight is 299 g/mol. The minimum absolute atomic E-state index is 0.0880. The molecule has 2 rings (SSSR count). The summed E-state index contributed by atoms with van der Waals surface area (Å²) in [6.07, 6.45) is 1.31. The van der Waals surface area contributed by atoms with Crippen LogP contribution in [0.5, 0.6) is 0 Å². The van der Waals surface area contributed by atoms with Crippen molar-refractivity contribution in [1.29, 1.82) is 0 Å². The maximum absolute atomic E-state index is 12.6. The summed E-state index contributed by atoms with van der Waals surface area (Å²) in [5, 5.41) is 3.04. The number of hydrogen-bond donors (Lipinski definition) is 1. The molecule has 1 aliphatic heterocycles. The molecule has 0 spiro atoms. The maximum Gasteiger partial charge on any atom is 0.245 e. The topological polar surface area (TPSA) is 71.5 Å². The molecule has 0 saturated carbocycles. The van der Waals surface area contributed by atoms with Crippen molar-refractivity contribution in [2.24, 2.45) is 0 Å². The number of nitrogens with one attached hydrogen (secondary N) is 1. The Morgan fingerprint density at radius 1 is 1.45 bits per heavy atom. The van der Waals surface area contributed by atoms with E-state index in [9.17, 15) is 8.42 Å². The Morgan fingerprint density at radius 3 is 2.80 bits per heavy atom. The Balaban J connectivity index is 2.24. The molecule has 6 nitrogen and oxygen atoms in total. The van der Waals surface area contributed by atoms with Crippen LogP contribution in [0.4, 0.5) is 5.82 Å². The van der Waals surface area contributed by atoms with E-state index in [0.717, 1.165) is 6.54 Å². The van der Waals surface area contributed by atoms with Crippen LogP contribution in [0.1, 0.15) is 20.8 Å². The van der Waals surface area contributed by atoms with Gasteiger partial charge in [0.05, 0.1) is 12.7 Å². The van der Waals surface area contributed by atoms with Gasteiger partial charge in [0.2, 0.25) is 10.0 Å². The third-order valence-electron chi connectivity index (χ3n) is 3.25. The van der Waals surface area contributed by atoms with E-state index < -0.39 is 10.0 Å². The molecule has 112 valence electrons. The molecule has 1 fully saturated rings. The van der Waals surface area contributed by atoms with E-state index in [-0.39, 0.29) is 17.0 Å². The smallest absolute Gasteiger partial charge is 0.245 e. The molecule has 0 amide bonds. The Labute approximate surface area is 120 Å². The number of anilines is 1. The summed E-state index contributed by atoms with van der Waals surface area (Å²) in [4.78, 5) is 4.35. The first kappa shape index (κ1) is 15.2. The van der Waals surface area contributed by atoms with Crippen LogP contribution < -0.4 is 5.32 Å². The highest BCUT2D eigenvalue weighted by molar-refractivity contribution is 7.89. The Morgan fingerprint density at radius 2 is 2.20 bits per heavy atom. The molecule has 0 aliphatic carbocycles. The molecule has 2 atom stereocenters. The standard InChI is InChI=1S/C13H21N3O3S/c1-4-14-13-6-5-12(7-15-13)20(17,18)16-8-11(3)19-9-10(16)2/h5-7,10-11H,4,8-9H2,1-3H3,(H,14,15). The van der Waals surface area contributed by atoms with Gasteiger partial charge in [-0.3, -0.25) is 0 Å². The predicted molar refractivity (Wildman–Crippen MR) is 77.2 cm³/mol. The largest absolute Gasteiger partial charge is 0.375 e. The predicted octanol–water partition coefficient (Wildman–Crippen LogP) is 1.31. The highest BCUT2D eigenvalue weighted by Gasteiger charge is 2.34. The van der Waals surface area contributed by atoms with Crippen molar-refractivity contribution in [2.75, 3.05) is 25.0 Å². The average Bonchev–Trinajstić information content (AvgIpc) is 2.42. The monoisotopic (exact) mass is 299 g/mol. The zero-order chi connectivity index (χ0) is 14.8. The van der Waals surface area contributed by atoms with E-state index in [1.807, 2.05) is 20.8 Å². The van der Waals surface area contributed by atoms with Gasteiger partial charge in [0, 0.05) is 25.3 Å². The van der Waals surface area contributed by atoms with Gasteiger partial charge in [-0.25, -0.2) is 13.4 Å². The molecule has 1 aromatic heterocycles. The normalized spacial score (nSPS) is 24.6. The molecule has 0 bridgehead atoms. The summed E-state index contributed by atoms with van der Waals surface area (Å²) in [5.74, 6) is 0.676. The lowest BCUT2D eigenvalue weighted by Crippen LogP contribution is -2.50. The number of sulfonamides is 1. The third kappa shape index (κ3) is 3.11. The maximum atomic E-state index is 12.6. The van der Waals surface area contributed by atoms with Crippen LogP contribution in [0.2, 0.25) is 0 Å². The lowest BCUT2D eigenvalue weighted by atomic mass is 10.2. The van der Waals surface area contributed by atoms with E-state index in [4.69, 9.17) is 4.74 Å². The highest BCUT2D eigenvalue weighted by Crippen LogP contribution is 2.22. The van der Waals surface area contributed by atoms with Crippen molar-refractivity contribution >= 4 is 15.8 Å². The summed E-state index contributed by atoms with van der Waals surface area (Å²) in [5.41, 5.74) is 0. The number of hydrogen-bond acceptors (Lipinski definition) is 5. The Hall–Kier alpha value is -1.18. The van der Waals surface area contributed by atoms with Gasteiger partial charge in [0.25, 0.3) is 0 Å². The molecular weight excluding hydrogens is 278 g/mol. The van der Waals surface area contributed by atoms with Gasteiger partial charge < -0.3 is 10.1 Å². The molecule has 2 heterocycles. The second-order valence-electron chi connectivity index (χ2n) is 4.98. The van der Waals surface area contributed by atoms with Gasteiger partial charge in [-0.1, -0.05) is 0 Å². The Kier molecular flexibility index (Phi) is 4.62. The van der Waals surface area contributed by atoms with Gasteiger partial charge in [-0.2, -0.15) is 4.31 Å². The molecule has 0 aromatic carbocycles. The second kappa shape index (κ2) is 6.07. The molecule has 1 saturated heterocycles. The van der Waals surface area contributed by atoms with Gasteiger partial charge in [-0.15, -0.1) is 0 Å². The number of rotatable bonds is 4. The lowest BCUT2D eigenvalue weighted by Gasteiger charge is -2.35. The molecule has 1 N–H and O–H groups in total. The highest BCUT2D eigenvalue weighted by atomic mass is 32.2. The summed E-state index contributed by atoms with van der Waals surface area (Å²) >= 11 is 0. The zero-order valence-corrected chi connectivity index (χ0v) is 12.9. The first-order valence-electron chi connectivity index (χ1n) is 6.78. The van der Waals surface area contributed by atoms with Crippen molar-refractivity contribution in [3.8, 4) is 0 Å². The number of morpholine rings is 1. The second-order valence-corrected chi connectivity index (χ2v) is 6.87. The van der Waals surface area contributed by atoms with Crippen LogP contribution in [0.3, 0.4) is 0 Å². The fraction of sp³-hybridized carbons (Fsp3) is 0.615. The number of pyridine rings is 1. The van der Waals surface area contributed by atoms with E-state index in [1.165, 1.54) is 10.5 Å². The summed E-state index contributed by atoms with van der Waals surface area (Å²) < 4.78 is 32.2. The molecule has 20 heavy (non-hydrogen) atoms. The Bertz CT molecular complexity index is 544. The van der Waals surface area contributed by atoms with E-state index in [0.29, 0.717) is 19.0 Å². The van der Waals surface area contributed by atoms with Gasteiger partial charge in [0.15, 0.2) is 0 Å². The molecule has 0 radical (unpaired) electrons. The molecule has 1 aliphatic rings. The quantitative estimate of drug-likeness (QED) is 0.907. The SMILES string of the molecule is CCNc1ccc(S(=O)(=O)N2CC(C)OCC2C)cn1. The molecular formula is C13H21N3O3S. The first-order chi connectivity index (χ1) is 9.45. The van der Waals surface area contributed by atoms with Crippen molar-refractivity contribution in [3.05, 3.63) is 18.3 Å². The van der Waals surface area contributed by atoms with Crippen LogP contribution in [-0.4, -0.2) is 49.5 Å². The van der Waals surface area contributed by atoms with Crippen LogP contribution in [-0.2, 0) is 14.8 Å². The number of aromatic nitrogens is 1. The van der Waals surface area contributed by atoms with Crippen LogP contribution in [0.25, 0.3) is 0 Å². The fourth-order valence-electron chi connectivity index (χ4n) is 2.16. The molecule has 2 unspecified atom stereocenters. The van der Waals surface area contributed by atoms with Crippen molar-refractivity contribution in [1.82, 2.24) is 9.29 Å². The minimum Gasteiger partial charge on any atom is -0.375 e. The molecule has 1 aromatic rings. The van der Waals surface area contributed by atoms with Crippen LogP contribution >= 0.6 is 0 Å². The third-order valence-corrected chi connectivity index (χ3v) is 5.22. The molecule has 7 heteroatoms. The van der Waals surface area contributed by atoms with Crippen molar-refractivity contribution in [3.63, 3.8) is 0 Å². The van der Waals surface area contributed by atoms with Gasteiger partial charge in [0.1, 0.15) is 10.7 Å². The summed E-state index contributed by atoms with van der Waals surface area (Å²) in [6.45, 7) is 7.23. The van der Waals surface area contributed by atoms with Crippen molar-refractivity contribution < 1.29 is 13.2 Å². The van der Waals surface area contributed by atoms with Crippen LogP contribution in [0.15, 0.2) is 23.2 Å². The summed E-state index contributed by atoms with van der Waals surface area (Å²) in [7, 11) is -3.51. The van der Waals surface area contributed by atoms with Gasteiger partial charge in [-0.05, 0) is 32.9 Å². The number of nitrogens with zero attached hydrogens (tertiary/aromatic N) is 2. The zero-order valence-electron chi connectivity index (χ0n) is 12.0. The van der Waals surface area contributed by atoms with Gasteiger partial charge >= 0.3 is 0 Å². The van der Waals surface area contributed by atoms with Crippen molar-refractivity contribution in [2.45, 2.75) is 37.8 Å². The van der Waals surface area contributed by atoms with E-state index in [2.05, 4.69) is 10.3 Å².